The van der Waals surface area contributed by atoms with Crippen LogP contribution in [0.25, 0.3) is 0 Å². The largest absolute Gasteiger partial charge is 0.378 e. The molecule has 1 aliphatic rings. The standard InChI is InChI=1S/C15H32N2O/c1-13(2,3)16-10-14(4,5)11-17-8-9-18-12-15(17,6)7/h16H,8-12H2,1-7H3. The zero-order valence-corrected chi connectivity index (χ0v) is 13.4. The molecule has 0 saturated carbocycles. The van der Waals surface area contributed by atoms with Crippen LogP contribution in [0.1, 0.15) is 48.5 Å². The van der Waals surface area contributed by atoms with Crippen molar-refractivity contribution in [3.8, 4) is 0 Å². The average molecular weight is 256 g/mol. The molecule has 0 unspecified atom stereocenters. The number of rotatable bonds is 4. The van der Waals surface area contributed by atoms with E-state index in [0.717, 1.165) is 32.8 Å². The highest BCUT2D eigenvalue weighted by Gasteiger charge is 2.34. The molecule has 0 amide bonds. The van der Waals surface area contributed by atoms with Gasteiger partial charge in [0.25, 0.3) is 0 Å². The molecule has 18 heavy (non-hydrogen) atoms. The second kappa shape index (κ2) is 5.48. The maximum atomic E-state index is 5.59. The molecule has 0 aliphatic carbocycles. The zero-order valence-electron chi connectivity index (χ0n) is 13.4. The molecular weight excluding hydrogens is 224 g/mol. The quantitative estimate of drug-likeness (QED) is 0.836. The van der Waals surface area contributed by atoms with Crippen molar-refractivity contribution in [2.24, 2.45) is 5.41 Å². The molecule has 1 N–H and O–H groups in total. The first kappa shape index (κ1) is 15.9. The summed E-state index contributed by atoms with van der Waals surface area (Å²) in [6.07, 6.45) is 0. The molecule has 0 atom stereocenters. The normalized spacial score (nSPS) is 22.2. The van der Waals surface area contributed by atoms with E-state index in [1.165, 1.54) is 0 Å². The summed E-state index contributed by atoms with van der Waals surface area (Å²) in [6.45, 7) is 20.8. The Kier molecular flexibility index (Phi) is 4.85. The lowest BCUT2D eigenvalue weighted by atomic mass is 9.88. The molecule has 3 heteroatoms. The molecule has 0 spiro atoms. The topological polar surface area (TPSA) is 24.5 Å². The summed E-state index contributed by atoms with van der Waals surface area (Å²) < 4.78 is 5.59. The highest BCUT2D eigenvalue weighted by Crippen LogP contribution is 2.25. The van der Waals surface area contributed by atoms with Crippen molar-refractivity contribution in [2.75, 3.05) is 32.8 Å². The van der Waals surface area contributed by atoms with Crippen molar-refractivity contribution in [3.63, 3.8) is 0 Å². The first-order valence-electron chi connectivity index (χ1n) is 7.10. The van der Waals surface area contributed by atoms with Gasteiger partial charge in [0.2, 0.25) is 0 Å². The Bertz CT molecular complexity index is 266. The van der Waals surface area contributed by atoms with Gasteiger partial charge < -0.3 is 10.1 Å². The van der Waals surface area contributed by atoms with E-state index < -0.39 is 0 Å². The van der Waals surface area contributed by atoms with Gasteiger partial charge in [0.15, 0.2) is 0 Å². The highest BCUT2D eigenvalue weighted by atomic mass is 16.5. The maximum absolute atomic E-state index is 5.59. The molecule has 0 aromatic rings. The van der Waals surface area contributed by atoms with Crippen molar-refractivity contribution >= 4 is 0 Å². The third-order valence-corrected chi connectivity index (χ3v) is 3.53. The fraction of sp³-hybridized carbons (Fsp3) is 1.00. The number of hydrogen-bond donors (Lipinski definition) is 1. The van der Waals surface area contributed by atoms with Crippen LogP contribution in [0.5, 0.6) is 0 Å². The van der Waals surface area contributed by atoms with Crippen LogP contribution in [-0.2, 0) is 4.74 Å². The molecule has 1 aliphatic heterocycles. The minimum absolute atomic E-state index is 0.164. The van der Waals surface area contributed by atoms with Crippen LogP contribution in [0.2, 0.25) is 0 Å². The predicted octanol–water partition coefficient (Wildman–Crippen LogP) is 2.51. The summed E-state index contributed by atoms with van der Waals surface area (Å²) in [6, 6.07) is 0. The fourth-order valence-corrected chi connectivity index (χ4v) is 2.26. The molecule has 0 bridgehead atoms. The van der Waals surface area contributed by atoms with Crippen molar-refractivity contribution in [1.82, 2.24) is 10.2 Å². The Labute approximate surface area is 113 Å². The van der Waals surface area contributed by atoms with Gasteiger partial charge in [0.1, 0.15) is 0 Å². The van der Waals surface area contributed by atoms with E-state index in [-0.39, 0.29) is 16.5 Å². The molecule has 3 nitrogen and oxygen atoms in total. The highest BCUT2D eigenvalue weighted by molar-refractivity contribution is 4.89. The molecule has 1 heterocycles. The van der Waals surface area contributed by atoms with Gasteiger partial charge in [-0.05, 0) is 40.0 Å². The molecule has 108 valence electrons. The first-order valence-corrected chi connectivity index (χ1v) is 7.10. The molecule has 0 aromatic heterocycles. The van der Waals surface area contributed by atoms with Crippen LogP contribution in [0, 0.1) is 5.41 Å². The molecule has 1 fully saturated rings. The van der Waals surface area contributed by atoms with Crippen LogP contribution >= 0.6 is 0 Å². The Hall–Kier alpha value is -0.120. The van der Waals surface area contributed by atoms with Gasteiger partial charge in [-0.1, -0.05) is 13.8 Å². The molecule has 0 radical (unpaired) electrons. The lowest BCUT2D eigenvalue weighted by Gasteiger charge is -2.46. The van der Waals surface area contributed by atoms with Gasteiger partial charge in [-0.2, -0.15) is 0 Å². The van der Waals surface area contributed by atoms with E-state index in [1.807, 2.05) is 0 Å². The van der Waals surface area contributed by atoms with E-state index >= 15 is 0 Å². The second-order valence-corrected chi connectivity index (χ2v) is 8.05. The van der Waals surface area contributed by atoms with Gasteiger partial charge in [-0.3, -0.25) is 4.90 Å². The summed E-state index contributed by atoms with van der Waals surface area (Å²) in [7, 11) is 0. The molecule has 1 rings (SSSR count). The van der Waals surface area contributed by atoms with Crippen molar-refractivity contribution < 1.29 is 4.74 Å². The minimum atomic E-state index is 0.164. The lowest BCUT2D eigenvalue weighted by molar-refractivity contribution is -0.0648. The number of morpholine rings is 1. The van der Waals surface area contributed by atoms with Crippen molar-refractivity contribution in [3.05, 3.63) is 0 Å². The van der Waals surface area contributed by atoms with E-state index in [0.29, 0.717) is 0 Å². The fourth-order valence-electron chi connectivity index (χ4n) is 2.26. The number of ether oxygens (including phenoxy) is 1. The van der Waals surface area contributed by atoms with Crippen LogP contribution in [0.15, 0.2) is 0 Å². The molecule has 0 aromatic carbocycles. The minimum Gasteiger partial charge on any atom is -0.378 e. The maximum Gasteiger partial charge on any atom is 0.0645 e. The second-order valence-electron chi connectivity index (χ2n) is 8.05. The van der Waals surface area contributed by atoms with Crippen LogP contribution in [0.4, 0.5) is 0 Å². The number of nitrogens with zero attached hydrogens (tertiary/aromatic N) is 1. The van der Waals surface area contributed by atoms with Gasteiger partial charge in [0, 0.05) is 30.7 Å². The molecule has 1 saturated heterocycles. The Balaban J connectivity index is 2.53. The molecular formula is C15H32N2O. The first-order chi connectivity index (χ1) is 8.02. The average Bonchev–Trinajstić information content (AvgIpc) is 2.17. The van der Waals surface area contributed by atoms with Gasteiger partial charge in [-0.15, -0.1) is 0 Å². The third-order valence-electron chi connectivity index (χ3n) is 3.53. The van der Waals surface area contributed by atoms with Gasteiger partial charge >= 0.3 is 0 Å². The Morgan fingerprint density at radius 2 is 1.78 bits per heavy atom. The summed E-state index contributed by atoms with van der Waals surface area (Å²) in [4.78, 5) is 2.57. The SMILES string of the molecule is CC(C)(CNC(C)(C)C)CN1CCOCC1(C)C. The summed E-state index contributed by atoms with van der Waals surface area (Å²) >= 11 is 0. The monoisotopic (exact) mass is 256 g/mol. The van der Waals surface area contributed by atoms with E-state index in [4.69, 9.17) is 4.74 Å². The van der Waals surface area contributed by atoms with Crippen molar-refractivity contribution in [1.29, 1.82) is 0 Å². The summed E-state index contributed by atoms with van der Waals surface area (Å²) in [5.74, 6) is 0. The summed E-state index contributed by atoms with van der Waals surface area (Å²) in [5, 5.41) is 3.62. The predicted molar refractivity (Wildman–Crippen MR) is 78.0 cm³/mol. The summed E-state index contributed by atoms with van der Waals surface area (Å²) in [5.41, 5.74) is 0.636. The van der Waals surface area contributed by atoms with E-state index in [1.54, 1.807) is 0 Å². The Morgan fingerprint density at radius 1 is 1.17 bits per heavy atom. The van der Waals surface area contributed by atoms with Crippen LogP contribution in [-0.4, -0.2) is 48.8 Å². The lowest BCUT2D eigenvalue weighted by Crippen LogP contribution is -2.57. The van der Waals surface area contributed by atoms with Gasteiger partial charge in [0.05, 0.1) is 13.2 Å². The van der Waals surface area contributed by atoms with Gasteiger partial charge in [-0.25, -0.2) is 0 Å². The number of hydrogen-bond acceptors (Lipinski definition) is 3. The van der Waals surface area contributed by atoms with Crippen LogP contribution < -0.4 is 5.32 Å². The van der Waals surface area contributed by atoms with E-state index in [9.17, 15) is 0 Å². The third kappa shape index (κ3) is 5.25. The Morgan fingerprint density at radius 3 is 2.28 bits per heavy atom. The zero-order chi connectivity index (χ0) is 14.0. The number of nitrogens with one attached hydrogen (secondary N) is 1. The van der Waals surface area contributed by atoms with Crippen LogP contribution in [0.3, 0.4) is 0 Å². The van der Waals surface area contributed by atoms with E-state index in [2.05, 4.69) is 58.7 Å². The smallest absolute Gasteiger partial charge is 0.0645 e. The van der Waals surface area contributed by atoms with Crippen molar-refractivity contribution in [2.45, 2.75) is 59.5 Å².